The van der Waals surface area contributed by atoms with E-state index in [-0.39, 0.29) is 12.4 Å². The lowest BCUT2D eigenvalue weighted by molar-refractivity contribution is 0.0928. The van der Waals surface area contributed by atoms with Crippen molar-refractivity contribution < 1.29 is 19.4 Å². The van der Waals surface area contributed by atoms with Crippen molar-refractivity contribution >= 4 is 5.78 Å². The van der Waals surface area contributed by atoms with Gasteiger partial charge in [-0.15, -0.1) is 0 Å². The summed E-state index contributed by atoms with van der Waals surface area (Å²) in [6, 6.07) is 6.29. The van der Waals surface area contributed by atoms with Crippen LogP contribution in [0.2, 0.25) is 0 Å². The van der Waals surface area contributed by atoms with Crippen LogP contribution >= 0.6 is 0 Å². The molecule has 0 radical (unpaired) electrons. The number of carbonyl (C=O) groups is 1. The smallest absolute Gasteiger partial charge is 0.169 e. The van der Waals surface area contributed by atoms with E-state index >= 15 is 0 Å². The van der Waals surface area contributed by atoms with Crippen molar-refractivity contribution in [3.05, 3.63) is 23.8 Å². The molecule has 1 aromatic carbocycles. The van der Waals surface area contributed by atoms with Crippen LogP contribution in [0.15, 0.2) is 18.2 Å². The summed E-state index contributed by atoms with van der Waals surface area (Å²) >= 11 is 0. The molecule has 2 saturated carbocycles. The van der Waals surface area contributed by atoms with Crippen molar-refractivity contribution in [2.75, 3.05) is 19.8 Å². The highest BCUT2D eigenvalue weighted by Gasteiger charge is 2.19. The number of aliphatic hydroxyl groups is 1. The summed E-state index contributed by atoms with van der Waals surface area (Å²) in [5.74, 6) is 1.30. The highest BCUT2D eigenvalue weighted by molar-refractivity contribution is 5.99. The molecule has 4 rings (SSSR count). The van der Waals surface area contributed by atoms with Crippen LogP contribution in [0.4, 0.5) is 0 Å². The number of carbonyl (C=O) groups excluding carboxylic acids is 1. The first kappa shape index (κ1) is 23.0. The molecule has 4 N–H and O–H groups in total. The van der Waals surface area contributed by atoms with Crippen LogP contribution in [-0.2, 0) is 0 Å². The van der Waals surface area contributed by atoms with Crippen molar-refractivity contribution in [1.82, 2.24) is 5.32 Å². The van der Waals surface area contributed by atoms with Gasteiger partial charge in [0.05, 0.1) is 12.2 Å². The minimum Gasteiger partial charge on any atom is -0.492 e. The van der Waals surface area contributed by atoms with E-state index in [1.807, 2.05) is 0 Å². The number of nitrogens with two attached hydrogens (primary N) is 1. The average Bonchev–Trinajstić information content (AvgIpc) is 2.78. The van der Waals surface area contributed by atoms with Gasteiger partial charge in [-0.1, -0.05) is 38.5 Å². The first-order chi connectivity index (χ1) is 14.6. The van der Waals surface area contributed by atoms with E-state index in [0.717, 1.165) is 0 Å². The Morgan fingerprint density at radius 3 is 2.47 bits per heavy atom. The van der Waals surface area contributed by atoms with Crippen LogP contribution in [0.1, 0.15) is 81.0 Å². The van der Waals surface area contributed by atoms with Gasteiger partial charge in [-0.25, -0.2) is 0 Å². The van der Waals surface area contributed by atoms with E-state index in [9.17, 15) is 9.90 Å². The molecule has 6 nitrogen and oxygen atoms in total. The minimum absolute atomic E-state index is 0.106. The molecule has 1 aromatic rings. The largest absolute Gasteiger partial charge is 0.492 e. The summed E-state index contributed by atoms with van der Waals surface area (Å²) in [6.07, 6.45) is 12.8. The lowest BCUT2D eigenvalue weighted by Gasteiger charge is -2.24. The van der Waals surface area contributed by atoms with Gasteiger partial charge >= 0.3 is 0 Å². The molecule has 0 bridgehead atoms. The monoisotopic (exact) mass is 418 g/mol. The number of rotatable bonds is 6. The van der Waals surface area contributed by atoms with Crippen LogP contribution in [-0.4, -0.2) is 48.8 Å². The van der Waals surface area contributed by atoms with E-state index < -0.39 is 6.10 Å². The van der Waals surface area contributed by atoms with Crippen molar-refractivity contribution in [2.45, 2.75) is 88.8 Å². The molecule has 0 amide bonds. The van der Waals surface area contributed by atoms with Crippen molar-refractivity contribution in [1.29, 1.82) is 0 Å². The van der Waals surface area contributed by atoms with Crippen molar-refractivity contribution in [3.63, 3.8) is 0 Å². The first-order valence-corrected chi connectivity index (χ1v) is 11.7. The van der Waals surface area contributed by atoms with Gasteiger partial charge in [-0.05, 0) is 37.8 Å². The SMILES string of the molecule is NC1CCCCC1.O=C1CCOc2cc(OCC(O)CNC3CCCCC3)ccc21. The maximum absolute atomic E-state index is 11.7. The fourth-order valence-corrected chi connectivity index (χ4v) is 4.33. The predicted octanol–water partition coefficient (Wildman–Crippen LogP) is 3.59. The molecular formula is C24H38N2O4. The third kappa shape index (κ3) is 7.56. The van der Waals surface area contributed by atoms with Gasteiger partial charge in [0, 0.05) is 31.1 Å². The summed E-state index contributed by atoms with van der Waals surface area (Å²) in [5.41, 5.74) is 6.25. The topological polar surface area (TPSA) is 93.8 Å². The zero-order valence-corrected chi connectivity index (χ0v) is 18.1. The third-order valence-electron chi connectivity index (χ3n) is 6.18. The maximum atomic E-state index is 11.7. The molecule has 1 aliphatic heterocycles. The Labute approximate surface area is 180 Å². The fraction of sp³-hybridized carbons (Fsp3) is 0.708. The van der Waals surface area contributed by atoms with Gasteiger partial charge in [-0.3, -0.25) is 4.79 Å². The molecule has 3 aliphatic rings. The summed E-state index contributed by atoms with van der Waals surface area (Å²) in [7, 11) is 0. The molecule has 0 saturated heterocycles. The molecule has 0 spiro atoms. The molecule has 6 heteroatoms. The zero-order valence-electron chi connectivity index (χ0n) is 18.1. The summed E-state index contributed by atoms with van der Waals surface area (Å²) in [6.45, 7) is 1.19. The summed E-state index contributed by atoms with van der Waals surface area (Å²) in [4.78, 5) is 11.7. The number of ketones is 1. The number of ether oxygens (including phenoxy) is 2. The van der Waals surface area contributed by atoms with Gasteiger partial charge in [0.1, 0.15) is 24.2 Å². The molecule has 1 unspecified atom stereocenters. The van der Waals surface area contributed by atoms with Gasteiger partial charge in [0.2, 0.25) is 0 Å². The molecule has 1 atom stereocenters. The second-order valence-corrected chi connectivity index (χ2v) is 8.79. The first-order valence-electron chi connectivity index (χ1n) is 11.7. The number of nitrogens with one attached hydrogen (secondary N) is 1. The molecule has 0 aromatic heterocycles. The van der Waals surface area contributed by atoms with Gasteiger partial charge in [-0.2, -0.15) is 0 Å². The number of Topliss-reactive ketones (excluding diaryl/α,β-unsaturated/α-hetero) is 1. The second kappa shape index (κ2) is 12.3. The van der Waals surface area contributed by atoms with E-state index in [1.165, 1.54) is 64.2 Å². The van der Waals surface area contributed by atoms with Crippen molar-refractivity contribution in [2.24, 2.45) is 5.73 Å². The minimum atomic E-state index is -0.546. The lowest BCUT2D eigenvalue weighted by Crippen LogP contribution is -2.38. The van der Waals surface area contributed by atoms with Gasteiger partial charge < -0.3 is 25.6 Å². The standard InChI is InChI=1S/C18H25NO4.C6H13N/c20-14(11-19-13-4-2-1-3-5-13)12-23-15-6-7-16-17(21)8-9-22-18(16)10-15;7-6-4-2-1-3-5-6/h6-7,10,13-14,19-20H,1-5,8-9,11-12H2;6H,1-5,7H2. The van der Waals surface area contributed by atoms with Gasteiger partial charge in [0.25, 0.3) is 0 Å². The van der Waals surface area contributed by atoms with E-state index in [4.69, 9.17) is 15.2 Å². The number of benzene rings is 1. The van der Waals surface area contributed by atoms with E-state index in [0.29, 0.717) is 48.7 Å². The quantitative estimate of drug-likeness (QED) is 0.654. The fourth-order valence-electron chi connectivity index (χ4n) is 4.33. The van der Waals surface area contributed by atoms with Crippen LogP contribution in [0.3, 0.4) is 0 Å². The van der Waals surface area contributed by atoms with Crippen LogP contribution in [0.25, 0.3) is 0 Å². The second-order valence-electron chi connectivity index (χ2n) is 8.79. The van der Waals surface area contributed by atoms with Gasteiger partial charge in [0.15, 0.2) is 5.78 Å². The summed E-state index contributed by atoms with van der Waals surface area (Å²) < 4.78 is 11.1. The number of hydrogen-bond donors (Lipinski definition) is 3. The Morgan fingerprint density at radius 1 is 1.10 bits per heavy atom. The Morgan fingerprint density at radius 2 is 1.80 bits per heavy atom. The molecular weight excluding hydrogens is 380 g/mol. The highest BCUT2D eigenvalue weighted by atomic mass is 16.5. The van der Waals surface area contributed by atoms with E-state index in [2.05, 4.69) is 5.32 Å². The summed E-state index contributed by atoms with van der Waals surface area (Å²) in [5, 5.41) is 13.5. The predicted molar refractivity (Wildman–Crippen MR) is 118 cm³/mol. The van der Waals surface area contributed by atoms with Crippen LogP contribution in [0.5, 0.6) is 11.5 Å². The van der Waals surface area contributed by atoms with Crippen LogP contribution < -0.4 is 20.5 Å². The Balaban J connectivity index is 0.000000310. The molecule has 30 heavy (non-hydrogen) atoms. The third-order valence-corrected chi connectivity index (χ3v) is 6.18. The number of aliphatic hydroxyl groups excluding tert-OH is 1. The number of fused-ring (bicyclic) bond motifs is 1. The number of hydrogen-bond acceptors (Lipinski definition) is 6. The lowest BCUT2D eigenvalue weighted by atomic mass is 9.95. The van der Waals surface area contributed by atoms with Crippen LogP contribution in [0, 0.1) is 0 Å². The zero-order chi connectivity index (χ0) is 21.2. The maximum Gasteiger partial charge on any atom is 0.169 e. The normalized spacial score (nSPS) is 21.1. The average molecular weight is 419 g/mol. The Kier molecular flexibility index (Phi) is 9.43. The molecule has 168 valence electrons. The molecule has 2 aliphatic carbocycles. The Bertz CT molecular complexity index is 655. The molecule has 2 fully saturated rings. The van der Waals surface area contributed by atoms with E-state index in [1.54, 1.807) is 18.2 Å². The molecule has 1 heterocycles. The van der Waals surface area contributed by atoms with Crippen molar-refractivity contribution in [3.8, 4) is 11.5 Å². The highest BCUT2D eigenvalue weighted by Crippen LogP contribution is 2.29. The Hall–Kier alpha value is -1.63.